The minimum atomic E-state index is -0.351. The smallest absolute Gasteiger partial charge is 0.240 e. The third-order valence-electron chi connectivity index (χ3n) is 6.10. The van der Waals surface area contributed by atoms with Gasteiger partial charge in [-0.1, -0.05) is 12.1 Å². The van der Waals surface area contributed by atoms with E-state index in [1.165, 1.54) is 17.0 Å². The SMILES string of the molecule is Cc1nn(Cc2ccc(F)cc2)c(C)c1N1C(=O)[C@@H]2[C@H](C1=O)[C@H]1CC[C@@H]2O1. The van der Waals surface area contributed by atoms with Crippen LogP contribution in [0.4, 0.5) is 10.1 Å². The Morgan fingerprint density at radius 2 is 1.67 bits per heavy atom. The average molecular weight is 369 g/mol. The Kier molecular flexibility index (Phi) is 3.53. The molecule has 0 spiro atoms. The zero-order chi connectivity index (χ0) is 18.9. The van der Waals surface area contributed by atoms with Gasteiger partial charge in [0.05, 0.1) is 47.7 Å². The summed E-state index contributed by atoms with van der Waals surface area (Å²) < 4.78 is 20.7. The van der Waals surface area contributed by atoms with Crippen molar-refractivity contribution in [3.05, 3.63) is 47.0 Å². The van der Waals surface area contributed by atoms with Gasteiger partial charge in [-0.3, -0.25) is 14.3 Å². The van der Waals surface area contributed by atoms with Gasteiger partial charge in [0.15, 0.2) is 0 Å². The highest BCUT2D eigenvalue weighted by molar-refractivity contribution is 6.23. The molecule has 1 aromatic heterocycles. The van der Waals surface area contributed by atoms with Gasteiger partial charge in [0.1, 0.15) is 5.82 Å². The summed E-state index contributed by atoms with van der Waals surface area (Å²) in [6.45, 7) is 4.12. The number of rotatable bonds is 3. The number of fused-ring (bicyclic) bond motifs is 5. The lowest BCUT2D eigenvalue weighted by atomic mass is 9.81. The quantitative estimate of drug-likeness (QED) is 0.779. The average Bonchev–Trinajstić information content (AvgIpc) is 3.37. The van der Waals surface area contributed by atoms with Crippen molar-refractivity contribution in [1.82, 2.24) is 9.78 Å². The molecule has 0 unspecified atom stereocenters. The highest BCUT2D eigenvalue weighted by atomic mass is 19.1. The van der Waals surface area contributed by atoms with Crippen molar-refractivity contribution < 1.29 is 18.7 Å². The fourth-order valence-corrected chi connectivity index (χ4v) is 4.86. The first-order valence-corrected chi connectivity index (χ1v) is 9.27. The third kappa shape index (κ3) is 2.31. The summed E-state index contributed by atoms with van der Waals surface area (Å²) in [6, 6.07) is 6.23. The molecule has 3 saturated heterocycles. The van der Waals surface area contributed by atoms with Gasteiger partial charge in [0.2, 0.25) is 11.8 Å². The lowest BCUT2D eigenvalue weighted by Crippen LogP contribution is -2.35. The molecule has 2 bridgehead atoms. The van der Waals surface area contributed by atoms with Gasteiger partial charge in [-0.25, -0.2) is 9.29 Å². The number of carbonyl (C=O) groups excluding carboxylic acids is 2. The first-order valence-electron chi connectivity index (χ1n) is 9.27. The molecule has 0 radical (unpaired) electrons. The van der Waals surface area contributed by atoms with E-state index in [0.717, 1.165) is 24.1 Å². The van der Waals surface area contributed by atoms with Crippen LogP contribution in [0.2, 0.25) is 0 Å². The minimum absolute atomic E-state index is 0.128. The predicted molar refractivity (Wildman–Crippen MR) is 94.6 cm³/mol. The molecule has 3 aliphatic rings. The van der Waals surface area contributed by atoms with Crippen LogP contribution in [-0.2, 0) is 20.9 Å². The first-order chi connectivity index (χ1) is 13.0. The lowest BCUT2D eigenvalue weighted by Gasteiger charge is -2.18. The Bertz CT molecular complexity index is 924. The molecule has 6 nitrogen and oxygen atoms in total. The van der Waals surface area contributed by atoms with E-state index in [9.17, 15) is 14.0 Å². The number of hydrogen-bond donors (Lipinski definition) is 0. The van der Waals surface area contributed by atoms with E-state index in [4.69, 9.17) is 4.74 Å². The van der Waals surface area contributed by atoms with E-state index in [1.807, 2.05) is 13.8 Å². The summed E-state index contributed by atoms with van der Waals surface area (Å²) in [5.41, 5.74) is 2.88. The first kappa shape index (κ1) is 16.6. The number of ether oxygens (including phenoxy) is 1. The molecule has 4 atom stereocenters. The minimum Gasteiger partial charge on any atom is -0.373 e. The van der Waals surface area contributed by atoms with Gasteiger partial charge in [0.25, 0.3) is 0 Å². The molecule has 3 fully saturated rings. The van der Waals surface area contributed by atoms with E-state index in [-0.39, 0.29) is 41.7 Å². The molecule has 7 heteroatoms. The summed E-state index contributed by atoms with van der Waals surface area (Å²) in [7, 11) is 0. The molecule has 0 aliphatic carbocycles. The Hall–Kier alpha value is -2.54. The molecule has 27 heavy (non-hydrogen) atoms. The summed E-state index contributed by atoms with van der Waals surface area (Å²) in [5, 5.41) is 4.53. The van der Waals surface area contributed by atoms with Crippen molar-refractivity contribution in [2.75, 3.05) is 4.90 Å². The Balaban J connectivity index is 1.49. The molecule has 2 aromatic rings. The molecule has 3 aliphatic heterocycles. The van der Waals surface area contributed by atoms with E-state index in [2.05, 4.69) is 5.10 Å². The molecule has 0 N–H and O–H groups in total. The van der Waals surface area contributed by atoms with Crippen LogP contribution in [-0.4, -0.2) is 33.8 Å². The van der Waals surface area contributed by atoms with Gasteiger partial charge in [-0.2, -0.15) is 5.10 Å². The number of aromatic nitrogens is 2. The largest absolute Gasteiger partial charge is 0.373 e. The molecular formula is C20H20FN3O3. The third-order valence-corrected chi connectivity index (χ3v) is 6.10. The normalized spacial score (nSPS) is 29.1. The van der Waals surface area contributed by atoms with Gasteiger partial charge < -0.3 is 4.74 Å². The molecule has 5 rings (SSSR count). The van der Waals surface area contributed by atoms with Crippen molar-refractivity contribution in [3.8, 4) is 0 Å². The Morgan fingerprint density at radius 1 is 1.07 bits per heavy atom. The van der Waals surface area contributed by atoms with E-state index >= 15 is 0 Å². The second-order valence-electron chi connectivity index (χ2n) is 7.66. The van der Waals surface area contributed by atoms with E-state index < -0.39 is 0 Å². The number of carbonyl (C=O) groups is 2. The Labute approximate surface area is 155 Å². The number of amides is 2. The van der Waals surface area contributed by atoms with Crippen molar-refractivity contribution >= 4 is 17.5 Å². The topological polar surface area (TPSA) is 64.4 Å². The van der Waals surface area contributed by atoms with Gasteiger partial charge in [0, 0.05) is 0 Å². The highest BCUT2D eigenvalue weighted by Gasteiger charge is 2.63. The van der Waals surface area contributed by atoms with Gasteiger partial charge >= 0.3 is 0 Å². The van der Waals surface area contributed by atoms with Crippen LogP contribution in [0.25, 0.3) is 0 Å². The van der Waals surface area contributed by atoms with E-state index in [1.54, 1.807) is 16.8 Å². The monoisotopic (exact) mass is 369 g/mol. The predicted octanol–water partition coefficient (Wildman–Crippen LogP) is 2.35. The summed E-state index contributed by atoms with van der Waals surface area (Å²) in [6.07, 6.45) is 1.44. The molecule has 140 valence electrons. The molecular weight excluding hydrogens is 349 g/mol. The van der Waals surface area contributed by atoms with Gasteiger partial charge in [-0.15, -0.1) is 0 Å². The summed E-state index contributed by atoms with van der Waals surface area (Å²) in [4.78, 5) is 27.4. The number of anilines is 1. The second kappa shape index (κ2) is 5.73. The second-order valence-corrected chi connectivity index (χ2v) is 7.66. The molecule has 2 amide bonds. The van der Waals surface area contributed by atoms with Crippen molar-refractivity contribution in [2.24, 2.45) is 11.8 Å². The van der Waals surface area contributed by atoms with Crippen molar-refractivity contribution in [3.63, 3.8) is 0 Å². The number of aryl methyl sites for hydroxylation is 1. The Morgan fingerprint density at radius 3 is 2.26 bits per heavy atom. The highest BCUT2D eigenvalue weighted by Crippen LogP contribution is 2.50. The van der Waals surface area contributed by atoms with Crippen LogP contribution in [0, 0.1) is 31.5 Å². The van der Waals surface area contributed by atoms with Crippen molar-refractivity contribution in [2.45, 2.75) is 45.4 Å². The zero-order valence-electron chi connectivity index (χ0n) is 15.2. The van der Waals surface area contributed by atoms with Crippen LogP contribution >= 0.6 is 0 Å². The molecule has 4 heterocycles. The zero-order valence-corrected chi connectivity index (χ0v) is 15.2. The van der Waals surface area contributed by atoms with Crippen LogP contribution < -0.4 is 4.90 Å². The van der Waals surface area contributed by atoms with Crippen LogP contribution in [0.5, 0.6) is 0 Å². The number of nitrogens with zero attached hydrogens (tertiary/aromatic N) is 3. The summed E-state index contributed by atoms with van der Waals surface area (Å²) >= 11 is 0. The fourth-order valence-electron chi connectivity index (χ4n) is 4.86. The fraction of sp³-hybridized carbons (Fsp3) is 0.450. The van der Waals surface area contributed by atoms with Crippen LogP contribution in [0.15, 0.2) is 24.3 Å². The molecule has 1 aromatic carbocycles. The number of halogens is 1. The standard InChI is InChI=1S/C20H20FN3O3/c1-10-18(11(2)23(22-10)9-12-3-5-13(21)6-4-12)24-19(25)16-14-7-8-15(27-14)17(16)20(24)26/h3-6,14-17H,7-9H2,1-2H3/t14-,15+,16-,17+. The van der Waals surface area contributed by atoms with Gasteiger partial charge in [-0.05, 0) is 44.4 Å². The van der Waals surface area contributed by atoms with E-state index in [0.29, 0.717) is 17.9 Å². The number of hydrogen-bond acceptors (Lipinski definition) is 4. The van der Waals surface area contributed by atoms with Crippen LogP contribution in [0.3, 0.4) is 0 Å². The van der Waals surface area contributed by atoms with Crippen LogP contribution in [0.1, 0.15) is 29.8 Å². The maximum Gasteiger partial charge on any atom is 0.240 e. The maximum absolute atomic E-state index is 13.1. The number of benzene rings is 1. The summed E-state index contributed by atoms with van der Waals surface area (Å²) in [5.74, 6) is -1.31. The maximum atomic E-state index is 13.1. The lowest BCUT2D eigenvalue weighted by molar-refractivity contribution is -0.124. The molecule has 0 saturated carbocycles. The van der Waals surface area contributed by atoms with Crippen molar-refractivity contribution in [1.29, 1.82) is 0 Å². The number of imide groups is 1.